The maximum absolute atomic E-state index is 12.1. The first-order chi connectivity index (χ1) is 13.5. The summed E-state index contributed by atoms with van der Waals surface area (Å²) in [5, 5.41) is 1.68. The van der Waals surface area contributed by atoms with Gasteiger partial charge in [0.2, 0.25) is 0 Å². The standard InChI is InChI=1S/C18H16Cl2O7S2/c1-4-27-18-14(29(20,23)24)8-7-12-15(18)17(26-3)11-6-5-10(28(19,21)22)9-13(11)16(12)25-2/h5-9H,4H2,1-3H3. The Morgan fingerprint density at radius 2 is 1.41 bits per heavy atom. The van der Waals surface area contributed by atoms with E-state index in [-0.39, 0.29) is 27.9 Å². The highest BCUT2D eigenvalue weighted by Gasteiger charge is 2.26. The fourth-order valence-corrected chi connectivity index (χ4v) is 4.99. The van der Waals surface area contributed by atoms with E-state index < -0.39 is 18.1 Å². The molecule has 0 spiro atoms. The van der Waals surface area contributed by atoms with Gasteiger partial charge in [-0.1, -0.05) is 0 Å². The second-order valence-corrected chi connectivity index (χ2v) is 11.0. The lowest BCUT2D eigenvalue weighted by molar-refractivity contribution is 0.333. The molecule has 11 heteroatoms. The highest BCUT2D eigenvalue weighted by Crippen LogP contribution is 2.49. The average Bonchev–Trinajstić information content (AvgIpc) is 2.64. The zero-order valence-corrected chi connectivity index (χ0v) is 18.7. The van der Waals surface area contributed by atoms with Gasteiger partial charge in [0, 0.05) is 37.5 Å². The van der Waals surface area contributed by atoms with E-state index in [1.807, 2.05) is 0 Å². The average molecular weight is 479 g/mol. The smallest absolute Gasteiger partial charge is 0.265 e. The van der Waals surface area contributed by atoms with Crippen molar-refractivity contribution in [1.29, 1.82) is 0 Å². The predicted molar refractivity (Wildman–Crippen MR) is 112 cm³/mol. The Morgan fingerprint density at radius 1 is 0.793 bits per heavy atom. The molecule has 0 saturated heterocycles. The third-order valence-corrected chi connectivity index (χ3v) is 7.01. The van der Waals surface area contributed by atoms with Gasteiger partial charge in [-0.15, -0.1) is 0 Å². The van der Waals surface area contributed by atoms with Crippen LogP contribution in [-0.2, 0) is 18.1 Å². The molecule has 3 rings (SSSR count). The maximum atomic E-state index is 12.1. The summed E-state index contributed by atoms with van der Waals surface area (Å²) in [6.07, 6.45) is 0. The van der Waals surface area contributed by atoms with E-state index in [9.17, 15) is 16.8 Å². The molecular formula is C18H16Cl2O7S2. The van der Waals surface area contributed by atoms with Crippen molar-refractivity contribution in [3.8, 4) is 17.2 Å². The molecule has 0 heterocycles. The van der Waals surface area contributed by atoms with E-state index >= 15 is 0 Å². The fraction of sp³-hybridized carbons (Fsp3) is 0.222. The van der Waals surface area contributed by atoms with Crippen molar-refractivity contribution in [3.63, 3.8) is 0 Å². The number of halogens is 2. The summed E-state index contributed by atoms with van der Waals surface area (Å²) in [6, 6.07) is 6.98. The van der Waals surface area contributed by atoms with Crippen molar-refractivity contribution in [2.75, 3.05) is 20.8 Å². The highest BCUT2D eigenvalue weighted by atomic mass is 35.7. The number of ether oxygens (including phenoxy) is 3. The van der Waals surface area contributed by atoms with Gasteiger partial charge in [0.25, 0.3) is 18.1 Å². The van der Waals surface area contributed by atoms with Gasteiger partial charge in [0.05, 0.1) is 31.1 Å². The Labute approximate surface area is 176 Å². The molecule has 0 fully saturated rings. The minimum Gasteiger partial charge on any atom is -0.495 e. The molecule has 29 heavy (non-hydrogen) atoms. The van der Waals surface area contributed by atoms with Gasteiger partial charge in [0.15, 0.2) is 5.75 Å². The quantitative estimate of drug-likeness (QED) is 0.385. The summed E-state index contributed by atoms with van der Waals surface area (Å²) in [4.78, 5) is -0.329. The molecule has 0 aliphatic carbocycles. The summed E-state index contributed by atoms with van der Waals surface area (Å²) in [7, 11) is 5.80. The van der Waals surface area contributed by atoms with Crippen LogP contribution in [0.5, 0.6) is 17.2 Å². The topological polar surface area (TPSA) is 96.0 Å². The Kier molecular flexibility index (Phi) is 5.79. The SMILES string of the molecule is CCOc1c(S(=O)(=O)Cl)ccc2c(OC)c3cc(S(=O)(=O)Cl)ccc3c(OC)c12. The summed E-state index contributed by atoms with van der Waals surface area (Å²) in [5.74, 6) is 0.600. The molecule has 0 aliphatic rings. The van der Waals surface area contributed by atoms with Crippen LogP contribution < -0.4 is 14.2 Å². The van der Waals surface area contributed by atoms with Crippen molar-refractivity contribution in [1.82, 2.24) is 0 Å². The van der Waals surface area contributed by atoms with Crippen LogP contribution in [-0.4, -0.2) is 37.7 Å². The zero-order valence-electron chi connectivity index (χ0n) is 15.5. The van der Waals surface area contributed by atoms with Gasteiger partial charge in [-0.3, -0.25) is 0 Å². The van der Waals surface area contributed by atoms with Gasteiger partial charge in [-0.05, 0) is 37.3 Å². The number of benzene rings is 3. The normalized spacial score (nSPS) is 12.3. The van der Waals surface area contributed by atoms with Gasteiger partial charge in [-0.25, -0.2) is 16.8 Å². The third kappa shape index (κ3) is 3.79. The summed E-state index contributed by atoms with van der Waals surface area (Å²) >= 11 is 0. The van der Waals surface area contributed by atoms with Gasteiger partial charge >= 0.3 is 0 Å². The third-order valence-electron chi connectivity index (χ3n) is 4.31. The Bertz CT molecular complexity index is 1330. The largest absolute Gasteiger partial charge is 0.495 e. The molecule has 0 aliphatic heterocycles. The molecule has 0 bridgehead atoms. The molecule has 3 aromatic carbocycles. The predicted octanol–water partition coefficient (Wildman–Crippen LogP) is 4.26. The Morgan fingerprint density at radius 3 is 1.93 bits per heavy atom. The van der Waals surface area contributed by atoms with Crippen LogP contribution in [0.15, 0.2) is 40.1 Å². The first-order valence-corrected chi connectivity index (χ1v) is 12.8. The van der Waals surface area contributed by atoms with Crippen molar-refractivity contribution in [2.24, 2.45) is 0 Å². The van der Waals surface area contributed by atoms with Crippen LogP contribution in [0.2, 0.25) is 0 Å². The summed E-state index contributed by atoms with van der Waals surface area (Å²) in [5.41, 5.74) is 0. The first-order valence-electron chi connectivity index (χ1n) is 8.21. The minimum atomic E-state index is -4.12. The zero-order chi connectivity index (χ0) is 21.6. The second-order valence-electron chi connectivity index (χ2n) is 5.90. The molecule has 0 radical (unpaired) electrons. The van der Waals surface area contributed by atoms with E-state index in [0.717, 1.165) is 0 Å². The van der Waals surface area contributed by atoms with E-state index in [1.165, 1.54) is 44.6 Å². The first kappa shape index (κ1) is 21.8. The number of methoxy groups -OCH3 is 2. The summed E-state index contributed by atoms with van der Waals surface area (Å²) in [6.45, 7) is 1.87. The lowest BCUT2D eigenvalue weighted by Crippen LogP contribution is -2.03. The van der Waals surface area contributed by atoms with E-state index in [2.05, 4.69) is 0 Å². The fourth-order valence-electron chi connectivity index (χ4n) is 3.23. The molecule has 0 atom stereocenters. The Hall–Kier alpha value is -1.94. The second kappa shape index (κ2) is 7.71. The number of fused-ring (bicyclic) bond motifs is 2. The van der Waals surface area contributed by atoms with Gasteiger partial charge < -0.3 is 14.2 Å². The molecule has 0 N–H and O–H groups in total. The maximum Gasteiger partial charge on any atom is 0.265 e. The number of hydrogen-bond donors (Lipinski definition) is 0. The molecular weight excluding hydrogens is 463 g/mol. The molecule has 0 amide bonds. The summed E-state index contributed by atoms with van der Waals surface area (Å²) < 4.78 is 64.4. The molecule has 0 aromatic heterocycles. The number of hydrogen-bond acceptors (Lipinski definition) is 7. The van der Waals surface area contributed by atoms with E-state index in [0.29, 0.717) is 27.3 Å². The molecule has 0 unspecified atom stereocenters. The monoisotopic (exact) mass is 478 g/mol. The molecule has 3 aromatic rings. The molecule has 7 nitrogen and oxygen atoms in total. The van der Waals surface area contributed by atoms with Crippen LogP contribution >= 0.6 is 21.4 Å². The molecule has 0 saturated carbocycles. The highest BCUT2D eigenvalue weighted by molar-refractivity contribution is 8.14. The van der Waals surface area contributed by atoms with Crippen molar-refractivity contribution in [3.05, 3.63) is 30.3 Å². The van der Waals surface area contributed by atoms with Crippen molar-refractivity contribution in [2.45, 2.75) is 16.7 Å². The lowest BCUT2D eigenvalue weighted by Gasteiger charge is -2.19. The number of rotatable bonds is 6. The van der Waals surface area contributed by atoms with Crippen molar-refractivity contribution < 1.29 is 31.0 Å². The van der Waals surface area contributed by atoms with Gasteiger partial charge in [0.1, 0.15) is 16.4 Å². The van der Waals surface area contributed by atoms with Crippen molar-refractivity contribution >= 4 is 61.0 Å². The Balaban J connectivity index is 2.63. The lowest BCUT2D eigenvalue weighted by atomic mass is 9.99. The van der Waals surface area contributed by atoms with Crippen LogP contribution in [0.4, 0.5) is 0 Å². The van der Waals surface area contributed by atoms with Crippen LogP contribution in [0.25, 0.3) is 21.5 Å². The van der Waals surface area contributed by atoms with E-state index in [4.69, 9.17) is 35.6 Å². The van der Waals surface area contributed by atoms with Crippen LogP contribution in [0, 0.1) is 0 Å². The van der Waals surface area contributed by atoms with E-state index in [1.54, 1.807) is 6.92 Å². The molecule has 156 valence electrons. The minimum absolute atomic E-state index is 0.0195. The van der Waals surface area contributed by atoms with Crippen LogP contribution in [0.3, 0.4) is 0 Å². The van der Waals surface area contributed by atoms with Gasteiger partial charge in [-0.2, -0.15) is 0 Å². The van der Waals surface area contributed by atoms with Crippen LogP contribution in [0.1, 0.15) is 6.92 Å².